The molecule has 6 heteroatoms. The first-order valence-corrected chi connectivity index (χ1v) is 8.34. The third-order valence-corrected chi connectivity index (χ3v) is 4.00. The number of hydrogen-bond acceptors (Lipinski definition) is 2. The van der Waals surface area contributed by atoms with Crippen molar-refractivity contribution in [1.82, 2.24) is 0 Å². The molecule has 0 aliphatic heterocycles. The Balaban J connectivity index is 2.08. The molecule has 2 aromatic rings. The van der Waals surface area contributed by atoms with Crippen molar-refractivity contribution in [3.05, 3.63) is 58.6 Å². The Kier molecular flexibility index (Phi) is 4.41. The maximum atomic E-state index is 12.3. The van der Waals surface area contributed by atoms with Crippen molar-refractivity contribution in [2.75, 3.05) is 11.8 Å². The molecule has 0 heterocycles. The maximum Gasteiger partial charge on any atom is 0.338 e. The summed E-state index contributed by atoms with van der Waals surface area (Å²) in [6.07, 6.45) is 0. The molecule has 0 bridgehead atoms. The topological polar surface area (TPSA) is 38.3 Å². The van der Waals surface area contributed by atoms with Crippen LogP contribution in [-0.2, 0) is 4.57 Å². The van der Waals surface area contributed by atoms with Gasteiger partial charge in [0.15, 0.2) is 0 Å². The van der Waals surface area contributed by atoms with Gasteiger partial charge in [0.25, 0.3) is 0 Å². The van der Waals surface area contributed by atoms with E-state index < -0.39 is 7.52 Å². The minimum absolute atomic E-state index is 0.497. The Labute approximate surface area is 122 Å². The molecule has 0 spiro atoms. The molecule has 2 aromatic carbocycles. The molecule has 0 saturated heterocycles. The van der Waals surface area contributed by atoms with Crippen LogP contribution in [0.25, 0.3) is 0 Å². The van der Waals surface area contributed by atoms with Crippen LogP contribution in [0.15, 0.2) is 48.5 Å². The minimum atomic E-state index is -3.00. The molecule has 1 atom stereocenters. The number of anilines is 1. The third-order valence-electron chi connectivity index (χ3n) is 2.27. The summed E-state index contributed by atoms with van der Waals surface area (Å²) in [5.74, 6) is 0.497. The van der Waals surface area contributed by atoms with Gasteiger partial charge < -0.3 is 9.61 Å². The molecule has 0 aliphatic rings. The summed E-state index contributed by atoms with van der Waals surface area (Å²) in [6, 6.07) is 13.6. The van der Waals surface area contributed by atoms with Crippen molar-refractivity contribution in [1.29, 1.82) is 0 Å². The first-order chi connectivity index (χ1) is 8.94. The van der Waals surface area contributed by atoms with E-state index in [0.717, 1.165) is 0 Å². The van der Waals surface area contributed by atoms with Crippen LogP contribution in [0.3, 0.4) is 0 Å². The van der Waals surface area contributed by atoms with Gasteiger partial charge >= 0.3 is 7.52 Å². The van der Waals surface area contributed by atoms with E-state index in [9.17, 15) is 4.57 Å². The summed E-state index contributed by atoms with van der Waals surface area (Å²) in [4.78, 5) is 0. The van der Waals surface area contributed by atoms with Crippen molar-refractivity contribution in [2.24, 2.45) is 0 Å². The third kappa shape index (κ3) is 4.46. The van der Waals surface area contributed by atoms with Gasteiger partial charge in [-0.25, -0.2) is 0 Å². The molecule has 1 unspecified atom stereocenters. The number of rotatable bonds is 4. The predicted octanol–water partition coefficient (Wildman–Crippen LogP) is 5.31. The van der Waals surface area contributed by atoms with Crippen molar-refractivity contribution in [2.45, 2.75) is 0 Å². The molecule has 0 fully saturated rings. The fourth-order valence-corrected chi connectivity index (χ4v) is 2.92. The lowest BCUT2D eigenvalue weighted by Gasteiger charge is -2.17. The van der Waals surface area contributed by atoms with Crippen LogP contribution in [0.4, 0.5) is 5.69 Å². The maximum absolute atomic E-state index is 12.3. The van der Waals surface area contributed by atoms with Crippen molar-refractivity contribution < 1.29 is 9.09 Å². The lowest BCUT2D eigenvalue weighted by atomic mass is 10.3. The lowest BCUT2D eigenvalue weighted by Crippen LogP contribution is -2.01. The van der Waals surface area contributed by atoms with Crippen LogP contribution in [0.2, 0.25) is 10.0 Å². The molecule has 3 nitrogen and oxygen atoms in total. The predicted molar refractivity (Wildman–Crippen MR) is 80.7 cm³/mol. The monoisotopic (exact) mass is 315 g/mol. The van der Waals surface area contributed by atoms with Gasteiger partial charge in [0.05, 0.1) is 0 Å². The highest BCUT2D eigenvalue weighted by Crippen LogP contribution is 2.43. The van der Waals surface area contributed by atoms with Gasteiger partial charge in [0, 0.05) is 22.4 Å². The average Bonchev–Trinajstić information content (AvgIpc) is 2.34. The molecule has 0 saturated carbocycles. The van der Waals surface area contributed by atoms with Crippen LogP contribution in [0.5, 0.6) is 5.75 Å². The number of benzene rings is 2. The van der Waals surface area contributed by atoms with Crippen molar-refractivity contribution in [3.63, 3.8) is 0 Å². The van der Waals surface area contributed by atoms with E-state index in [1.54, 1.807) is 48.5 Å². The Morgan fingerprint density at radius 3 is 1.95 bits per heavy atom. The van der Waals surface area contributed by atoms with Gasteiger partial charge in [-0.2, -0.15) is 0 Å². The van der Waals surface area contributed by atoms with E-state index in [1.807, 2.05) is 0 Å². The number of halogens is 2. The van der Waals surface area contributed by atoms with E-state index in [1.165, 1.54) is 6.66 Å². The van der Waals surface area contributed by atoms with Crippen LogP contribution in [0, 0.1) is 0 Å². The molecule has 0 aromatic heterocycles. The standard InChI is InChI=1S/C13H12Cl2NO2P/c1-19(17,16-12-6-2-10(14)3-7-12)18-13-8-4-11(15)5-9-13/h2-9H,1H3,(H,16,17). The molecule has 100 valence electrons. The van der Waals surface area contributed by atoms with E-state index in [4.69, 9.17) is 27.7 Å². The zero-order chi connectivity index (χ0) is 13.9. The zero-order valence-corrected chi connectivity index (χ0v) is 12.5. The number of nitrogens with one attached hydrogen (secondary N) is 1. The van der Waals surface area contributed by atoms with Gasteiger partial charge in [-0.3, -0.25) is 4.57 Å². The molecule has 0 aliphatic carbocycles. The summed E-state index contributed by atoms with van der Waals surface area (Å²) < 4.78 is 17.8. The summed E-state index contributed by atoms with van der Waals surface area (Å²) in [5.41, 5.74) is 0.684. The van der Waals surface area contributed by atoms with Gasteiger partial charge in [0.2, 0.25) is 0 Å². The zero-order valence-electron chi connectivity index (χ0n) is 10.1. The molecule has 1 N–H and O–H groups in total. The van der Waals surface area contributed by atoms with E-state index >= 15 is 0 Å². The smallest absolute Gasteiger partial charge is 0.338 e. The fraction of sp³-hybridized carbons (Fsp3) is 0.0769. The Bertz CT molecular complexity index is 548. The van der Waals surface area contributed by atoms with Gasteiger partial charge in [-0.1, -0.05) is 23.2 Å². The SMILES string of the molecule is CP(=O)(Nc1ccc(Cl)cc1)Oc1ccc(Cl)cc1. The van der Waals surface area contributed by atoms with E-state index in [2.05, 4.69) is 5.09 Å². The summed E-state index contributed by atoms with van der Waals surface area (Å²) in [7, 11) is -3.00. The van der Waals surface area contributed by atoms with Gasteiger partial charge in [-0.05, 0) is 48.5 Å². The van der Waals surface area contributed by atoms with E-state index in [0.29, 0.717) is 21.5 Å². The summed E-state index contributed by atoms with van der Waals surface area (Å²) in [6.45, 7) is 1.51. The second kappa shape index (κ2) is 5.87. The molecule has 0 radical (unpaired) electrons. The normalized spacial score (nSPS) is 13.6. The Morgan fingerprint density at radius 2 is 1.42 bits per heavy atom. The van der Waals surface area contributed by atoms with Crippen LogP contribution in [-0.4, -0.2) is 6.66 Å². The highest BCUT2D eigenvalue weighted by atomic mass is 35.5. The summed E-state index contributed by atoms with van der Waals surface area (Å²) >= 11 is 11.6. The van der Waals surface area contributed by atoms with Gasteiger partial charge in [-0.15, -0.1) is 0 Å². The largest absolute Gasteiger partial charge is 0.429 e. The lowest BCUT2D eigenvalue weighted by molar-refractivity contribution is 0.493. The van der Waals surface area contributed by atoms with Crippen molar-refractivity contribution in [3.8, 4) is 5.75 Å². The quantitative estimate of drug-likeness (QED) is 0.777. The van der Waals surface area contributed by atoms with E-state index in [-0.39, 0.29) is 0 Å². The summed E-state index contributed by atoms with van der Waals surface area (Å²) in [5, 5.41) is 4.07. The molecule has 2 rings (SSSR count). The highest BCUT2D eigenvalue weighted by molar-refractivity contribution is 7.60. The average molecular weight is 316 g/mol. The molecule has 0 amide bonds. The van der Waals surface area contributed by atoms with Crippen LogP contribution >= 0.6 is 30.7 Å². The molecular formula is C13H12Cl2NO2P. The minimum Gasteiger partial charge on any atom is -0.429 e. The first-order valence-electron chi connectivity index (χ1n) is 5.51. The number of hydrogen-bond donors (Lipinski definition) is 1. The first kappa shape index (κ1) is 14.3. The molecular weight excluding hydrogens is 304 g/mol. The Hall–Kier alpha value is -1.15. The van der Waals surface area contributed by atoms with Gasteiger partial charge in [0.1, 0.15) is 5.75 Å². The van der Waals surface area contributed by atoms with Crippen molar-refractivity contribution >= 4 is 36.4 Å². The molecule has 19 heavy (non-hydrogen) atoms. The fourth-order valence-electron chi connectivity index (χ4n) is 1.48. The highest BCUT2D eigenvalue weighted by Gasteiger charge is 2.17. The van der Waals surface area contributed by atoms with Crippen LogP contribution < -0.4 is 9.61 Å². The van der Waals surface area contributed by atoms with Crippen LogP contribution in [0.1, 0.15) is 0 Å². The second-order valence-electron chi connectivity index (χ2n) is 4.01. The Morgan fingerprint density at radius 1 is 0.947 bits per heavy atom. The second-order valence-corrected chi connectivity index (χ2v) is 6.98.